The van der Waals surface area contributed by atoms with Crippen LogP contribution in [0.3, 0.4) is 0 Å². The summed E-state index contributed by atoms with van der Waals surface area (Å²) in [5.41, 5.74) is -0.507. The number of hydrogen-bond donors (Lipinski definition) is 1. The SMILES string of the molecule is CCC(C)Nc1cc(Br)ccc1C(F)(F)F. The van der Waals surface area contributed by atoms with Gasteiger partial charge in [0.2, 0.25) is 0 Å². The van der Waals surface area contributed by atoms with Crippen molar-refractivity contribution in [2.24, 2.45) is 0 Å². The maximum absolute atomic E-state index is 12.7. The second-order valence-corrected chi connectivity index (χ2v) is 4.56. The molecule has 0 saturated carbocycles. The third-order valence-electron chi connectivity index (χ3n) is 2.30. The molecule has 5 heteroatoms. The molecule has 1 atom stereocenters. The molecule has 0 aromatic heterocycles. The van der Waals surface area contributed by atoms with E-state index in [2.05, 4.69) is 21.2 Å². The molecule has 1 unspecified atom stereocenters. The Bertz CT molecular complexity index is 363. The first kappa shape index (κ1) is 13.4. The van der Waals surface area contributed by atoms with Gasteiger partial charge in [0, 0.05) is 16.2 Å². The second kappa shape index (κ2) is 5.08. The minimum Gasteiger partial charge on any atom is -0.382 e. The number of benzene rings is 1. The fraction of sp³-hybridized carbons (Fsp3) is 0.455. The second-order valence-electron chi connectivity index (χ2n) is 3.64. The summed E-state index contributed by atoms with van der Waals surface area (Å²) in [6.07, 6.45) is -3.56. The molecule has 0 heterocycles. The van der Waals surface area contributed by atoms with Crippen LogP contribution in [-0.4, -0.2) is 6.04 Å². The molecule has 1 aromatic carbocycles. The van der Waals surface area contributed by atoms with Crippen LogP contribution in [0, 0.1) is 0 Å². The minimum absolute atomic E-state index is 0.00963. The van der Waals surface area contributed by atoms with Gasteiger partial charge in [0.05, 0.1) is 5.56 Å². The monoisotopic (exact) mass is 295 g/mol. The number of halogens is 4. The number of anilines is 1. The highest BCUT2D eigenvalue weighted by Crippen LogP contribution is 2.36. The van der Waals surface area contributed by atoms with E-state index in [-0.39, 0.29) is 11.7 Å². The molecule has 1 aromatic rings. The smallest absolute Gasteiger partial charge is 0.382 e. The van der Waals surface area contributed by atoms with E-state index in [1.165, 1.54) is 12.1 Å². The topological polar surface area (TPSA) is 12.0 Å². The van der Waals surface area contributed by atoms with Gasteiger partial charge in [0.15, 0.2) is 0 Å². The van der Waals surface area contributed by atoms with Crippen LogP contribution in [0.1, 0.15) is 25.8 Å². The lowest BCUT2D eigenvalue weighted by Gasteiger charge is -2.18. The zero-order valence-electron chi connectivity index (χ0n) is 9.03. The molecule has 0 fully saturated rings. The molecule has 1 rings (SSSR count). The Labute approximate surface area is 101 Å². The Hall–Kier alpha value is -0.710. The van der Waals surface area contributed by atoms with E-state index < -0.39 is 11.7 Å². The zero-order valence-corrected chi connectivity index (χ0v) is 10.6. The van der Waals surface area contributed by atoms with E-state index >= 15 is 0 Å². The van der Waals surface area contributed by atoms with Crippen molar-refractivity contribution < 1.29 is 13.2 Å². The first-order valence-electron chi connectivity index (χ1n) is 4.98. The van der Waals surface area contributed by atoms with Crippen molar-refractivity contribution in [3.8, 4) is 0 Å². The molecule has 0 saturated heterocycles. The predicted octanol–water partition coefficient (Wildman–Crippen LogP) is 4.68. The standard InChI is InChI=1S/C11H13BrF3N/c1-3-7(2)16-10-6-8(12)4-5-9(10)11(13,14)15/h4-7,16H,3H2,1-2H3. The molecule has 0 aliphatic carbocycles. The highest BCUT2D eigenvalue weighted by atomic mass is 79.9. The summed E-state index contributed by atoms with van der Waals surface area (Å²) in [6.45, 7) is 3.77. The Morgan fingerprint density at radius 2 is 2.00 bits per heavy atom. The van der Waals surface area contributed by atoms with Crippen molar-refractivity contribution in [3.05, 3.63) is 28.2 Å². The predicted molar refractivity (Wildman–Crippen MR) is 62.5 cm³/mol. The van der Waals surface area contributed by atoms with Gasteiger partial charge in [-0.2, -0.15) is 13.2 Å². The summed E-state index contributed by atoms with van der Waals surface area (Å²) in [4.78, 5) is 0. The minimum atomic E-state index is -4.32. The van der Waals surface area contributed by atoms with E-state index in [1.54, 1.807) is 0 Å². The van der Waals surface area contributed by atoms with E-state index in [9.17, 15) is 13.2 Å². The lowest BCUT2D eigenvalue weighted by molar-refractivity contribution is -0.137. The maximum atomic E-state index is 12.7. The van der Waals surface area contributed by atoms with Crippen LogP contribution < -0.4 is 5.32 Å². The van der Waals surface area contributed by atoms with E-state index in [0.29, 0.717) is 4.47 Å². The maximum Gasteiger partial charge on any atom is 0.418 e. The van der Waals surface area contributed by atoms with Gasteiger partial charge in [-0.15, -0.1) is 0 Å². The van der Waals surface area contributed by atoms with Crippen molar-refractivity contribution in [2.75, 3.05) is 5.32 Å². The Kier molecular flexibility index (Phi) is 4.24. The van der Waals surface area contributed by atoms with Crippen molar-refractivity contribution in [3.63, 3.8) is 0 Å². The van der Waals surface area contributed by atoms with Crippen LogP contribution in [0.5, 0.6) is 0 Å². The van der Waals surface area contributed by atoms with E-state index in [4.69, 9.17) is 0 Å². The number of nitrogens with one attached hydrogen (secondary N) is 1. The summed E-state index contributed by atoms with van der Waals surface area (Å²) in [6, 6.07) is 3.93. The summed E-state index contributed by atoms with van der Waals surface area (Å²) < 4.78 is 38.7. The van der Waals surface area contributed by atoms with Gasteiger partial charge in [0.1, 0.15) is 0 Å². The molecule has 0 spiro atoms. The molecule has 16 heavy (non-hydrogen) atoms. The Balaban J connectivity index is 3.09. The van der Waals surface area contributed by atoms with Crippen molar-refractivity contribution in [2.45, 2.75) is 32.5 Å². The van der Waals surface area contributed by atoms with Crippen molar-refractivity contribution in [1.82, 2.24) is 0 Å². The molecule has 0 bridgehead atoms. The molecular formula is C11H13BrF3N. The van der Waals surface area contributed by atoms with Gasteiger partial charge in [-0.1, -0.05) is 22.9 Å². The molecule has 1 nitrogen and oxygen atoms in total. The first-order valence-corrected chi connectivity index (χ1v) is 5.77. The molecular weight excluding hydrogens is 283 g/mol. The first-order chi connectivity index (χ1) is 7.34. The fourth-order valence-electron chi connectivity index (χ4n) is 1.25. The van der Waals surface area contributed by atoms with Crippen LogP contribution >= 0.6 is 15.9 Å². The summed E-state index contributed by atoms with van der Waals surface area (Å²) in [5.74, 6) is 0. The zero-order chi connectivity index (χ0) is 12.3. The highest BCUT2D eigenvalue weighted by molar-refractivity contribution is 9.10. The van der Waals surface area contributed by atoms with Crippen LogP contribution in [-0.2, 0) is 6.18 Å². The van der Waals surface area contributed by atoms with Gasteiger partial charge < -0.3 is 5.32 Å². The largest absolute Gasteiger partial charge is 0.418 e. The Morgan fingerprint density at radius 1 is 1.38 bits per heavy atom. The van der Waals surface area contributed by atoms with Gasteiger partial charge >= 0.3 is 6.18 Å². The van der Waals surface area contributed by atoms with Crippen molar-refractivity contribution in [1.29, 1.82) is 0 Å². The normalized spacial score (nSPS) is 13.6. The Morgan fingerprint density at radius 3 is 2.50 bits per heavy atom. The number of alkyl halides is 3. The highest BCUT2D eigenvalue weighted by Gasteiger charge is 2.33. The van der Waals surface area contributed by atoms with Crippen LogP contribution in [0.15, 0.2) is 22.7 Å². The van der Waals surface area contributed by atoms with Crippen molar-refractivity contribution >= 4 is 21.6 Å². The van der Waals surface area contributed by atoms with Gasteiger partial charge in [-0.05, 0) is 31.5 Å². The van der Waals surface area contributed by atoms with E-state index in [1.807, 2.05) is 13.8 Å². The van der Waals surface area contributed by atoms with Crippen LogP contribution in [0.4, 0.5) is 18.9 Å². The lowest BCUT2D eigenvalue weighted by Crippen LogP contribution is -2.17. The lowest BCUT2D eigenvalue weighted by atomic mass is 10.1. The average Bonchev–Trinajstić information content (AvgIpc) is 2.15. The third kappa shape index (κ3) is 3.40. The summed E-state index contributed by atoms with van der Waals surface area (Å²) in [7, 11) is 0. The third-order valence-corrected chi connectivity index (χ3v) is 2.79. The van der Waals surface area contributed by atoms with E-state index in [0.717, 1.165) is 12.5 Å². The summed E-state index contributed by atoms with van der Waals surface area (Å²) in [5, 5.41) is 2.86. The molecule has 0 radical (unpaired) electrons. The van der Waals surface area contributed by atoms with Gasteiger partial charge in [-0.25, -0.2) is 0 Å². The quantitative estimate of drug-likeness (QED) is 0.854. The molecule has 1 N–H and O–H groups in total. The molecule has 0 aliphatic rings. The fourth-order valence-corrected chi connectivity index (χ4v) is 1.61. The number of hydrogen-bond acceptors (Lipinski definition) is 1. The van der Waals surface area contributed by atoms with Crippen LogP contribution in [0.2, 0.25) is 0 Å². The van der Waals surface area contributed by atoms with Crippen LogP contribution in [0.25, 0.3) is 0 Å². The molecule has 0 aliphatic heterocycles. The molecule has 0 amide bonds. The number of rotatable bonds is 3. The van der Waals surface area contributed by atoms with Gasteiger partial charge in [0.25, 0.3) is 0 Å². The molecule has 90 valence electrons. The summed E-state index contributed by atoms with van der Waals surface area (Å²) >= 11 is 3.17. The average molecular weight is 296 g/mol. The van der Waals surface area contributed by atoms with Gasteiger partial charge in [-0.3, -0.25) is 0 Å².